The molecule has 0 bridgehead atoms. The van der Waals surface area contributed by atoms with Crippen LogP contribution in [0.5, 0.6) is 5.75 Å². The van der Waals surface area contributed by atoms with Gasteiger partial charge in [0, 0.05) is 17.6 Å². The first-order chi connectivity index (χ1) is 19.0. The van der Waals surface area contributed by atoms with Gasteiger partial charge >= 0.3 is 0 Å². The molecule has 0 fully saturated rings. The van der Waals surface area contributed by atoms with Gasteiger partial charge < -0.3 is 15.0 Å². The van der Waals surface area contributed by atoms with E-state index in [1.807, 2.05) is 19.9 Å². The van der Waals surface area contributed by atoms with Crippen molar-refractivity contribution < 1.29 is 22.7 Å². The van der Waals surface area contributed by atoms with Crippen molar-refractivity contribution in [3.8, 4) is 5.75 Å². The average molecular weight is 586 g/mol. The number of halogens is 1. The van der Waals surface area contributed by atoms with E-state index in [1.165, 1.54) is 17.0 Å². The maximum absolute atomic E-state index is 14.0. The normalized spacial score (nSPS) is 12.8. The van der Waals surface area contributed by atoms with Crippen LogP contribution in [0.2, 0.25) is 5.02 Å². The number of nitrogens with one attached hydrogen (secondary N) is 1. The molecule has 3 rings (SSSR count). The molecule has 0 radical (unpaired) electrons. The van der Waals surface area contributed by atoms with Crippen LogP contribution in [-0.4, -0.2) is 50.9 Å². The SMILES string of the molecule is CC[C@@H](C)NC(=O)[C@@H](C)N(Cc1cccc(OC)c1)C(=O)CN(c1ccc(Cl)cc1C)S(=O)(=O)c1ccccc1. The fraction of sp³-hybridized carbons (Fsp3) is 0.333. The summed E-state index contributed by atoms with van der Waals surface area (Å²) in [4.78, 5) is 28.6. The molecule has 10 heteroatoms. The van der Waals surface area contributed by atoms with Gasteiger partial charge in [-0.25, -0.2) is 8.42 Å². The molecule has 0 spiro atoms. The maximum atomic E-state index is 14.0. The van der Waals surface area contributed by atoms with Gasteiger partial charge in [-0.15, -0.1) is 0 Å². The molecule has 0 aliphatic rings. The fourth-order valence-electron chi connectivity index (χ4n) is 4.15. The Bertz CT molecular complexity index is 1430. The lowest BCUT2D eigenvalue weighted by Crippen LogP contribution is -2.52. The number of benzene rings is 3. The van der Waals surface area contributed by atoms with Crippen LogP contribution in [-0.2, 0) is 26.2 Å². The highest BCUT2D eigenvalue weighted by molar-refractivity contribution is 7.92. The largest absolute Gasteiger partial charge is 0.497 e. The Hall–Kier alpha value is -3.56. The van der Waals surface area contributed by atoms with Gasteiger partial charge in [0.1, 0.15) is 18.3 Å². The number of anilines is 1. The van der Waals surface area contributed by atoms with E-state index in [9.17, 15) is 18.0 Å². The summed E-state index contributed by atoms with van der Waals surface area (Å²) >= 11 is 6.16. The van der Waals surface area contributed by atoms with E-state index in [0.29, 0.717) is 22.0 Å². The van der Waals surface area contributed by atoms with Crippen LogP contribution >= 0.6 is 11.6 Å². The molecule has 0 aliphatic heterocycles. The highest BCUT2D eigenvalue weighted by Crippen LogP contribution is 2.29. The van der Waals surface area contributed by atoms with Crippen molar-refractivity contribution in [1.29, 1.82) is 0 Å². The van der Waals surface area contributed by atoms with Crippen LogP contribution in [0.1, 0.15) is 38.3 Å². The van der Waals surface area contributed by atoms with Gasteiger partial charge in [0.25, 0.3) is 10.0 Å². The van der Waals surface area contributed by atoms with E-state index in [4.69, 9.17) is 16.3 Å². The number of amides is 2. The van der Waals surface area contributed by atoms with Gasteiger partial charge in [0.15, 0.2) is 0 Å². The molecular weight excluding hydrogens is 550 g/mol. The van der Waals surface area contributed by atoms with Crippen molar-refractivity contribution in [2.45, 2.75) is 57.6 Å². The van der Waals surface area contributed by atoms with Gasteiger partial charge in [-0.05, 0) is 80.8 Å². The summed E-state index contributed by atoms with van der Waals surface area (Å²) in [7, 11) is -2.60. The number of methoxy groups -OCH3 is 1. The summed E-state index contributed by atoms with van der Waals surface area (Å²) in [5, 5.41) is 3.37. The number of sulfonamides is 1. The molecular formula is C30H36ClN3O5S. The van der Waals surface area contributed by atoms with Crippen LogP contribution in [0.25, 0.3) is 0 Å². The Morgan fingerprint density at radius 1 is 1.00 bits per heavy atom. The van der Waals surface area contributed by atoms with Crippen molar-refractivity contribution in [3.63, 3.8) is 0 Å². The highest BCUT2D eigenvalue weighted by Gasteiger charge is 2.33. The van der Waals surface area contributed by atoms with E-state index in [2.05, 4.69) is 5.32 Å². The molecule has 2 amide bonds. The lowest BCUT2D eigenvalue weighted by Gasteiger charge is -2.33. The average Bonchev–Trinajstić information content (AvgIpc) is 2.94. The summed E-state index contributed by atoms with van der Waals surface area (Å²) in [6.45, 7) is 6.76. The number of ether oxygens (including phenoxy) is 1. The van der Waals surface area contributed by atoms with Crippen LogP contribution < -0.4 is 14.4 Å². The number of nitrogens with zero attached hydrogens (tertiary/aromatic N) is 2. The van der Waals surface area contributed by atoms with E-state index in [1.54, 1.807) is 75.6 Å². The first-order valence-electron chi connectivity index (χ1n) is 13.0. The molecule has 0 saturated carbocycles. The van der Waals surface area contributed by atoms with E-state index < -0.39 is 28.5 Å². The third-order valence-electron chi connectivity index (χ3n) is 6.69. The molecule has 3 aromatic rings. The van der Waals surface area contributed by atoms with E-state index in [0.717, 1.165) is 16.3 Å². The molecule has 214 valence electrons. The Labute approximate surface area is 241 Å². The summed E-state index contributed by atoms with van der Waals surface area (Å²) in [6, 6.07) is 19.0. The predicted octanol–water partition coefficient (Wildman–Crippen LogP) is 5.18. The first kappa shape index (κ1) is 31.0. The number of aryl methyl sites for hydroxylation is 1. The second kappa shape index (κ2) is 13.7. The number of carbonyl (C=O) groups excluding carboxylic acids is 2. The number of rotatable bonds is 12. The van der Waals surface area contributed by atoms with Gasteiger partial charge in [0.2, 0.25) is 11.8 Å². The lowest BCUT2D eigenvalue weighted by molar-refractivity contribution is -0.139. The van der Waals surface area contributed by atoms with Gasteiger partial charge in [-0.3, -0.25) is 13.9 Å². The first-order valence-corrected chi connectivity index (χ1v) is 14.9. The molecule has 0 heterocycles. The monoisotopic (exact) mass is 585 g/mol. The standard InChI is InChI=1S/C30H36ClN3O5S/c1-6-22(3)32-30(36)23(4)33(19-24-11-10-12-26(18-24)39-5)29(35)20-34(28-16-15-25(31)17-21(28)2)40(37,38)27-13-8-7-9-14-27/h7-18,22-23H,6,19-20H2,1-5H3,(H,32,36)/t22-,23-/m1/s1. The van der Waals surface area contributed by atoms with Crippen molar-refractivity contribution >= 4 is 39.1 Å². The number of hydrogen-bond donors (Lipinski definition) is 1. The second-order valence-electron chi connectivity index (χ2n) is 9.62. The minimum Gasteiger partial charge on any atom is -0.497 e. The smallest absolute Gasteiger partial charge is 0.264 e. The second-order valence-corrected chi connectivity index (χ2v) is 11.9. The number of carbonyl (C=O) groups is 2. The minimum atomic E-state index is -4.15. The van der Waals surface area contributed by atoms with Crippen LogP contribution in [0.15, 0.2) is 77.7 Å². The maximum Gasteiger partial charge on any atom is 0.264 e. The summed E-state index contributed by atoms with van der Waals surface area (Å²) in [5.41, 5.74) is 1.64. The molecule has 0 saturated heterocycles. The quantitative estimate of drug-likeness (QED) is 0.316. The Morgan fingerprint density at radius 3 is 2.33 bits per heavy atom. The molecule has 0 aromatic heterocycles. The highest BCUT2D eigenvalue weighted by atomic mass is 35.5. The lowest BCUT2D eigenvalue weighted by atomic mass is 10.1. The summed E-state index contributed by atoms with van der Waals surface area (Å²) in [5.74, 6) is -0.263. The van der Waals surface area contributed by atoms with Crippen LogP contribution in [0, 0.1) is 6.92 Å². The zero-order valence-corrected chi connectivity index (χ0v) is 25.0. The fourth-order valence-corrected chi connectivity index (χ4v) is 5.87. The Kier molecular flexibility index (Phi) is 10.6. The molecule has 40 heavy (non-hydrogen) atoms. The van der Waals surface area contributed by atoms with Gasteiger partial charge in [-0.1, -0.05) is 48.9 Å². The molecule has 0 unspecified atom stereocenters. The van der Waals surface area contributed by atoms with Crippen LogP contribution in [0.4, 0.5) is 5.69 Å². The molecule has 2 atom stereocenters. The number of hydrogen-bond acceptors (Lipinski definition) is 5. The van der Waals surface area contributed by atoms with Gasteiger partial charge in [-0.2, -0.15) is 0 Å². The molecule has 8 nitrogen and oxygen atoms in total. The predicted molar refractivity (Wildman–Crippen MR) is 158 cm³/mol. The topological polar surface area (TPSA) is 96.0 Å². The molecule has 0 aliphatic carbocycles. The van der Waals surface area contributed by atoms with Crippen molar-refractivity contribution in [2.75, 3.05) is 18.0 Å². The zero-order chi connectivity index (χ0) is 29.4. The van der Waals surface area contributed by atoms with Gasteiger partial charge in [0.05, 0.1) is 17.7 Å². The van der Waals surface area contributed by atoms with Crippen molar-refractivity contribution in [1.82, 2.24) is 10.2 Å². The van der Waals surface area contributed by atoms with Crippen molar-refractivity contribution in [2.24, 2.45) is 0 Å². The Balaban J connectivity index is 2.05. The summed E-state index contributed by atoms with van der Waals surface area (Å²) in [6.07, 6.45) is 0.723. The molecule has 3 aromatic carbocycles. The van der Waals surface area contributed by atoms with E-state index >= 15 is 0 Å². The van der Waals surface area contributed by atoms with Crippen molar-refractivity contribution in [3.05, 3.63) is 88.9 Å². The van der Waals surface area contributed by atoms with E-state index in [-0.39, 0.29) is 23.4 Å². The van der Waals surface area contributed by atoms with Crippen LogP contribution in [0.3, 0.4) is 0 Å². The molecule has 1 N–H and O–H groups in total. The zero-order valence-electron chi connectivity index (χ0n) is 23.4. The third kappa shape index (κ3) is 7.55. The summed E-state index contributed by atoms with van der Waals surface area (Å²) < 4.78 is 34.2. The third-order valence-corrected chi connectivity index (χ3v) is 8.70. The minimum absolute atomic E-state index is 0.0408. The Morgan fingerprint density at radius 2 is 1.70 bits per heavy atom.